The van der Waals surface area contributed by atoms with Gasteiger partial charge in [-0.15, -0.1) is 0 Å². The van der Waals surface area contributed by atoms with E-state index in [4.69, 9.17) is 0 Å². The van der Waals surface area contributed by atoms with Gasteiger partial charge in [0.2, 0.25) is 0 Å². The lowest BCUT2D eigenvalue weighted by molar-refractivity contribution is 0.670. The Morgan fingerprint density at radius 1 is 0.842 bits per heavy atom. The zero-order valence-electron chi connectivity index (χ0n) is 10.4. The second-order valence-corrected chi connectivity index (χ2v) is 6.00. The Kier molecular flexibility index (Phi) is 2.49. The molecule has 0 heterocycles. The minimum absolute atomic E-state index is 0.457. The Bertz CT molecular complexity index is 709. The van der Waals surface area contributed by atoms with E-state index in [-0.39, 0.29) is 0 Å². The third-order valence-electron chi connectivity index (χ3n) is 4.11. The molecule has 0 saturated carbocycles. The van der Waals surface area contributed by atoms with Crippen LogP contribution in [-0.4, -0.2) is 0 Å². The van der Waals surface area contributed by atoms with Gasteiger partial charge in [0, 0.05) is 16.3 Å². The van der Waals surface area contributed by atoms with E-state index in [1.807, 2.05) is 0 Å². The monoisotopic (exact) mass is 308 g/mol. The Morgan fingerprint density at radius 2 is 1.58 bits per heavy atom. The second kappa shape index (κ2) is 4.21. The van der Waals surface area contributed by atoms with Gasteiger partial charge in [-0.25, -0.2) is 0 Å². The van der Waals surface area contributed by atoms with Crippen molar-refractivity contribution in [1.29, 1.82) is 0 Å². The van der Waals surface area contributed by atoms with Crippen LogP contribution in [0.3, 0.4) is 0 Å². The van der Waals surface area contributed by atoms with Crippen molar-refractivity contribution in [2.75, 3.05) is 0 Å². The minimum atomic E-state index is 0.457. The van der Waals surface area contributed by atoms with Crippen molar-refractivity contribution in [3.8, 4) is 0 Å². The molecule has 2 aliphatic carbocycles. The molecule has 0 nitrogen and oxygen atoms in total. The summed E-state index contributed by atoms with van der Waals surface area (Å²) in [7, 11) is 0. The van der Waals surface area contributed by atoms with Gasteiger partial charge < -0.3 is 0 Å². The van der Waals surface area contributed by atoms with Gasteiger partial charge in [-0.3, -0.25) is 0 Å². The Morgan fingerprint density at radius 3 is 2.47 bits per heavy atom. The number of allylic oxidation sites excluding steroid dienone is 2. The van der Waals surface area contributed by atoms with Crippen molar-refractivity contribution >= 4 is 26.5 Å². The molecule has 0 amide bonds. The maximum absolute atomic E-state index is 3.72. The van der Waals surface area contributed by atoms with E-state index < -0.39 is 0 Å². The smallest absolute Gasteiger partial charge is 0.0217 e. The van der Waals surface area contributed by atoms with Crippen molar-refractivity contribution in [2.24, 2.45) is 5.92 Å². The average Bonchev–Trinajstić information content (AvgIpc) is 2.47. The van der Waals surface area contributed by atoms with Gasteiger partial charge in [0.05, 0.1) is 0 Å². The van der Waals surface area contributed by atoms with Crippen LogP contribution in [-0.2, 0) is 0 Å². The van der Waals surface area contributed by atoms with Crippen LogP contribution >= 0.6 is 15.9 Å². The number of fused-ring (bicyclic) bond motifs is 5. The molecule has 92 valence electrons. The lowest BCUT2D eigenvalue weighted by Gasteiger charge is -2.33. The first-order chi connectivity index (χ1) is 9.34. The van der Waals surface area contributed by atoms with Gasteiger partial charge in [-0.2, -0.15) is 0 Å². The molecule has 0 fully saturated rings. The van der Waals surface area contributed by atoms with Crippen LogP contribution in [0.25, 0.3) is 10.6 Å². The highest BCUT2D eigenvalue weighted by atomic mass is 79.9. The molecule has 0 saturated heterocycles. The largest absolute Gasteiger partial charge is 0.0760 e. The third kappa shape index (κ3) is 1.65. The van der Waals surface area contributed by atoms with Gasteiger partial charge in [-0.05, 0) is 22.3 Å². The van der Waals surface area contributed by atoms with Crippen LogP contribution in [0.2, 0.25) is 0 Å². The summed E-state index contributed by atoms with van der Waals surface area (Å²) in [6.07, 6.45) is 6.91. The maximum Gasteiger partial charge on any atom is 0.0217 e. The first-order valence-corrected chi connectivity index (χ1v) is 7.37. The van der Waals surface area contributed by atoms with Crippen LogP contribution in [0.4, 0.5) is 0 Å². The van der Waals surface area contributed by atoms with Crippen molar-refractivity contribution < 1.29 is 0 Å². The van der Waals surface area contributed by atoms with Gasteiger partial charge in [0.1, 0.15) is 0 Å². The molecule has 0 aliphatic heterocycles. The molecule has 0 spiro atoms. The molecule has 2 atom stereocenters. The molecular weight excluding hydrogens is 296 g/mol. The number of hydrogen-bond acceptors (Lipinski definition) is 0. The van der Waals surface area contributed by atoms with Crippen molar-refractivity contribution in [1.82, 2.24) is 0 Å². The predicted octanol–water partition coefficient (Wildman–Crippen LogP) is 5.21. The van der Waals surface area contributed by atoms with E-state index in [0.717, 1.165) is 0 Å². The SMILES string of the molecule is BrC1=CC2C=Cc3ccccc3C2c2ccccc21. The summed E-state index contributed by atoms with van der Waals surface area (Å²) >= 11 is 3.72. The Hall–Kier alpha value is -1.60. The first-order valence-electron chi connectivity index (χ1n) is 6.58. The lowest BCUT2D eigenvalue weighted by atomic mass is 9.71. The van der Waals surface area contributed by atoms with Crippen LogP contribution in [0.15, 0.2) is 60.7 Å². The first kappa shape index (κ1) is 11.2. The Labute approximate surface area is 121 Å². The molecule has 19 heavy (non-hydrogen) atoms. The zero-order valence-corrected chi connectivity index (χ0v) is 12.0. The molecule has 0 aromatic heterocycles. The van der Waals surface area contributed by atoms with Gasteiger partial charge in [-0.1, -0.05) is 82.7 Å². The van der Waals surface area contributed by atoms with Crippen LogP contribution in [0, 0.1) is 5.92 Å². The number of rotatable bonds is 0. The van der Waals surface area contributed by atoms with Crippen molar-refractivity contribution in [2.45, 2.75) is 5.92 Å². The fourth-order valence-corrected chi connectivity index (χ4v) is 3.92. The molecule has 0 radical (unpaired) electrons. The number of benzene rings is 2. The van der Waals surface area contributed by atoms with E-state index in [1.54, 1.807) is 0 Å². The quantitative estimate of drug-likeness (QED) is 0.626. The summed E-state index contributed by atoms with van der Waals surface area (Å²) in [5.74, 6) is 0.915. The average molecular weight is 309 g/mol. The number of halogens is 1. The molecule has 2 unspecified atom stereocenters. The van der Waals surface area contributed by atoms with Crippen LogP contribution in [0.5, 0.6) is 0 Å². The van der Waals surface area contributed by atoms with E-state index in [9.17, 15) is 0 Å². The third-order valence-corrected chi connectivity index (χ3v) is 4.80. The van der Waals surface area contributed by atoms with E-state index >= 15 is 0 Å². The van der Waals surface area contributed by atoms with Gasteiger partial charge in [0.25, 0.3) is 0 Å². The predicted molar refractivity (Wildman–Crippen MR) is 84.2 cm³/mol. The molecule has 0 N–H and O–H groups in total. The highest BCUT2D eigenvalue weighted by Crippen LogP contribution is 2.47. The molecule has 2 aromatic carbocycles. The summed E-state index contributed by atoms with van der Waals surface area (Å²) in [5, 5.41) is 0. The lowest BCUT2D eigenvalue weighted by Crippen LogP contribution is -2.19. The molecule has 2 aliphatic rings. The molecule has 1 heteroatoms. The van der Waals surface area contributed by atoms with Gasteiger partial charge >= 0.3 is 0 Å². The summed E-state index contributed by atoms with van der Waals surface area (Å²) < 4.78 is 1.22. The van der Waals surface area contributed by atoms with E-state index in [1.165, 1.54) is 26.7 Å². The van der Waals surface area contributed by atoms with Crippen molar-refractivity contribution in [3.05, 3.63) is 82.9 Å². The normalized spacial score (nSPS) is 23.1. The van der Waals surface area contributed by atoms with Crippen molar-refractivity contribution in [3.63, 3.8) is 0 Å². The highest BCUT2D eigenvalue weighted by Gasteiger charge is 2.31. The fourth-order valence-electron chi connectivity index (χ4n) is 3.25. The molecular formula is C18H13Br. The maximum atomic E-state index is 3.72. The summed E-state index contributed by atoms with van der Waals surface area (Å²) in [6.45, 7) is 0. The van der Waals surface area contributed by atoms with Crippen LogP contribution in [0.1, 0.15) is 28.2 Å². The molecule has 2 aromatic rings. The highest BCUT2D eigenvalue weighted by molar-refractivity contribution is 9.15. The zero-order chi connectivity index (χ0) is 12.8. The number of hydrogen-bond donors (Lipinski definition) is 0. The summed E-state index contributed by atoms with van der Waals surface area (Å²) in [5.41, 5.74) is 5.55. The fraction of sp³-hybridized carbons (Fsp3) is 0.111. The minimum Gasteiger partial charge on any atom is -0.0760 e. The Balaban J connectivity index is 2.00. The van der Waals surface area contributed by atoms with E-state index in [2.05, 4.69) is 82.7 Å². The molecule has 4 rings (SSSR count). The van der Waals surface area contributed by atoms with E-state index in [0.29, 0.717) is 11.8 Å². The van der Waals surface area contributed by atoms with Gasteiger partial charge in [0.15, 0.2) is 0 Å². The standard InChI is InChI=1S/C18H13Br/c19-17-11-13-10-9-12-5-1-2-6-14(12)18(13)16-8-4-3-7-15(16)17/h1-11,13,18H. The summed E-state index contributed by atoms with van der Waals surface area (Å²) in [4.78, 5) is 0. The second-order valence-electron chi connectivity index (χ2n) is 5.14. The van der Waals surface area contributed by atoms with Crippen LogP contribution < -0.4 is 0 Å². The summed E-state index contributed by atoms with van der Waals surface area (Å²) in [6, 6.07) is 17.4. The molecule has 0 bridgehead atoms. The topological polar surface area (TPSA) is 0 Å².